The highest BCUT2D eigenvalue weighted by molar-refractivity contribution is 6.00. The summed E-state index contributed by atoms with van der Waals surface area (Å²) in [4.78, 5) is 22.9. The lowest BCUT2D eigenvalue weighted by atomic mass is 9.86. The Hall–Kier alpha value is -2.64. The number of pyridine rings is 1. The highest BCUT2D eigenvalue weighted by Crippen LogP contribution is 2.40. The van der Waals surface area contributed by atoms with E-state index in [2.05, 4.69) is 46.4 Å². The van der Waals surface area contributed by atoms with Crippen molar-refractivity contribution in [3.8, 4) is 0 Å². The summed E-state index contributed by atoms with van der Waals surface area (Å²) in [6, 6.07) is 10.5. The molecule has 3 heterocycles. The van der Waals surface area contributed by atoms with Gasteiger partial charge in [-0.25, -0.2) is 4.98 Å². The average Bonchev–Trinajstić information content (AvgIpc) is 3.08. The number of hydrogen-bond donors (Lipinski definition) is 1. The average molecular weight is 479 g/mol. The second-order valence-corrected chi connectivity index (χ2v) is 10.0. The van der Waals surface area contributed by atoms with Crippen molar-refractivity contribution in [3.63, 3.8) is 0 Å². The van der Waals surface area contributed by atoms with Gasteiger partial charge >= 0.3 is 0 Å². The molecule has 0 unspecified atom stereocenters. The number of rotatable bonds is 6. The Kier molecular flexibility index (Phi) is 7.54. The van der Waals surface area contributed by atoms with Gasteiger partial charge in [0.1, 0.15) is 5.82 Å². The molecule has 5 rings (SSSR count). The summed E-state index contributed by atoms with van der Waals surface area (Å²) in [6.07, 6.45) is 9.20. The highest BCUT2D eigenvalue weighted by atomic mass is 16.5. The zero-order chi connectivity index (χ0) is 24.2. The largest absolute Gasteiger partial charge is 0.381 e. The number of anilines is 4. The van der Waals surface area contributed by atoms with Crippen molar-refractivity contribution in [2.45, 2.75) is 70.6 Å². The normalized spacial score (nSPS) is 22.7. The van der Waals surface area contributed by atoms with E-state index in [4.69, 9.17) is 9.47 Å². The zero-order valence-corrected chi connectivity index (χ0v) is 21.0. The van der Waals surface area contributed by atoms with Gasteiger partial charge in [0.25, 0.3) is 0 Å². The fourth-order valence-electron chi connectivity index (χ4n) is 5.64. The molecule has 0 radical (unpaired) electrons. The van der Waals surface area contributed by atoms with Crippen LogP contribution in [0.1, 0.15) is 57.4 Å². The number of fused-ring (bicyclic) bond motifs is 2. The van der Waals surface area contributed by atoms with Gasteiger partial charge in [-0.05, 0) is 69.2 Å². The molecular weight excluding hydrogens is 440 g/mol. The van der Waals surface area contributed by atoms with Gasteiger partial charge in [0.2, 0.25) is 5.91 Å². The van der Waals surface area contributed by atoms with E-state index in [1.54, 1.807) is 13.3 Å². The number of carbonyl (C=O) groups excluding carboxylic acids is 1. The van der Waals surface area contributed by atoms with Gasteiger partial charge in [-0.2, -0.15) is 0 Å². The molecule has 1 saturated heterocycles. The highest BCUT2D eigenvalue weighted by Gasteiger charge is 2.33. The van der Waals surface area contributed by atoms with Crippen LogP contribution in [0.15, 0.2) is 36.5 Å². The Balaban J connectivity index is 1.40. The van der Waals surface area contributed by atoms with Crippen molar-refractivity contribution in [2.24, 2.45) is 5.92 Å². The monoisotopic (exact) mass is 478 g/mol. The minimum Gasteiger partial charge on any atom is -0.381 e. The number of nitrogens with zero attached hydrogens (tertiary/aromatic N) is 3. The maximum Gasteiger partial charge on any atom is 0.230 e. The Labute approximate surface area is 208 Å². The number of piperidine rings is 1. The lowest BCUT2D eigenvalue weighted by molar-refractivity contribution is -0.124. The van der Waals surface area contributed by atoms with Gasteiger partial charge in [0.05, 0.1) is 30.1 Å². The van der Waals surface area contributed by atoms with Gasteiger partial charge < -0.3 is 24.6 Å². The predicted molar refractivity (Wildman–Crippen MR) is 139 cm³/mol. The van der Waals surface area contributed by atoms with Crippen molar-refractivity contribution in [3.05, 3.63) is 42.1 Å². The first kappa shape index (κ1) is 24.1. The van der Waals surface area contributed by atoms with Crippen molar-refractivity contribution in [1.82, 2.24) is 4.98 Å². The number of benzene rings is 1. The number of amides is 1. The molecule has 1 aromatic heterocycles. The van der Waals surface area contributed by atoms with E-state index in [0.29, 0.717) is 18.8 Å². The second-order valence-electron chi connectivity index (χ2n) is 10.0. The van der Waals surface area contributed by atoms with Gasteiger partial charge in [-0.15, -0.1) is 0 Å². The third kappa shape index (κ3) is 5.31. The summed E-state index contributed by atoms with van der Waals surface area (Å²) < 4.78 is 11.5. The van der Waals surface area contributed by atoms with Gasteiger partial charge in [-0.1, -0.05) is 13.0 Å². The zero-order valence-electron chi connectivity index (χ0n) is 21.0. The summed E-state index contributed by atoms with van der Waals surface area (Å²) in [7, 11) is 1.80. The van der Waals surface area contributed by atoms with Gasteiger partial charge in [0.15, 0.2) is 0 Å². The van der Waals surface area contributed by atoms with E-state index in [1.807, 2.05) is 11.0 Å². The first-order chi connectivity index (χ1) is 17.2. The van der Waals surface area contributed by atoms with Crippen LogP contribution in [0, 0.1) is 5.92 Å². The molecule has 2 aromatic rings. The molecule has 2 fully saturated rings. The number of ether oxygens (including phenoxy) is 2. The van der Waals surface area contributed by atoms with Crippen LogP contribution < -0.4 is 15.1 Å². The topological polar surface area (TPSA) is 66.9 Å². The number of hydrogen-bond acceptors (Lipinski definition) is 6. The minimum atomic E-state index is 0.0312. The number of aromatic nitrogens is 1. The fraction of sp³-hybridized carbons (Fsp3) is 0.571. The summed E-state index contributed by atoms with van der Waals surface area (Å²) in [5, 5.41) is 3.50. The Morgan fingerprint density at radius 3 is 2.63 bits per heavy atom. The quantitative estimate of drug-likeness (QED) is 0.610. The molecule has 3 aliphatic rings. The molecule has 1 saturated carbocycles. The number of methoxy groups -OCH3 is 1. The third-order valence-electron chi connectivity index (χ3n) is 7.73. The van der Waals surface area contributed by atoms with Crippen LogP contribution in [-0.2, 0) is 20.8 Å². The van der Waals surface area contributed by atoms with E-state index < -0.39 is 0 Å². The third-order valence-corrected chi connectivity index (χ3v) is 7.73. The molecule has 1 amide bonds. The molecule has 7 nitrogen and oxygen atoms in total. The molecule has 0 bridgehead atoms. The van der Waals surface area contributed by atoms with Crippen LogP contribution in [-0.4, -0.2) is 49.9 Å². The lowest BCUT2D eigenvalue weighted by Gasteiger charge is -2.35. The van der Waals surface area contributed by atoms with Crippen LogP contribution in [0.4, 0.5) is 22.9 Å². The lowest BCUT2D eigenvalue weighted by Crippen LogP contribution is -2.39. The van der Waals surface area contributed by atoms with Crippen molar-refractivity contribution in [2.75, 3.05) is 41.9 Å². The standard InChI is InChI=1S/C28H38N4O3/c1-3-17-35-24-9-6-20(7-10-24)28(33)32-19-21-5-4-14-29-27(21)30-25-11-8-22(18-26(25)32)31-15-12-23(34-2)13-16-31/h4-5,8,11,14,18,20,23-24H,3,6-7,9-10,12-13,15-17,19H2,1-2H3,(H,29,30). The predicted octanol–water partition coefficient (Wildman–Crippen LogP) is 5.27. The van der Waals surface area contributed by atoms with Crippen LogP contribution in [0.3, 0.4) is 0 Å². The molecule has 1 aliphatic carbocycles. The van der Waals surface area contributed by atoms with Crippen LogP contribution in [0.25, 0.3) is 0 Å². The second kappa shape index (κ2) is 11.0. The molecular formula is C28H38N4O3. The fourth-order valence-corrected chi connectivity index (χ4v) is 5.64. The van der Waals surface area contributed by atoms with Crippen molar-refractivity contribution < 1.29 is 14.3 Å². The number of nitrogens with one attached hydrogen (secondary N) is 1. The maximum atomic E-state index is 14.0. The molecule has 2 aliphatic heterocycles. The smallest absolute Gasteiger partial charge is 0.230 e. The van der Waals surface area contributed by atoms with E-state index in [0.717, 1.165) is 93.1 Å². The molecule has 7 heteroatoms. The summed E-state index contributed by atoms with van der Waals surface area (Å²) >= 11 is 0. The maximum absolute atomic E-state index is 14.0. The van der Waals surface area contributed by atoms with Gasteiger partial charge in [-0.3, -0.25) is 4.79 Å². The van der Waals surface area contributed by atoms with Crippen LogP contribution in [0.2, 0.25) is 0 Å². The van der Waals surface area contributed by atoms with Crippen molar-refractivity contribution >= 4 is 28.8 Å². The van der Waals surface area contributed by atoms with Crippen molar-refractivity contribution in [1.29, 1.82) is 0 Å². The molecule has 0 atom stereocenters. The Morgan fingerprint density at radius 1 is 1.09 bits per heavy atom. The van der Waals surface area contributed by atoms with E-state index >= 15 is 0 Å². The molecule has 0 spiro atoms. The van der Waals surface area contributed by atoms with Gasteiger partial charge in [0, 0.05) is 50.2 Å². The van der Waals surface area contributed by atoms with E-state index in [9.17, 15) is 4.79 Å². The summed E-state index contributed by atoms with van der Waals surface area (Å²) in [5.41, 5.74) is 4.09. The Morgan fingerprint density at radius 2 is 1.89 bits per heavy atom. The molecule has 35 heavy (non-hydrogen) atoms. The first-order valence-corrected chi connectivity index (χ1v) is 13.2. The summed E-state index contributed by atoms with van der Waals surface area (Å²) in [5.74, 6) is 1.08. The molecule has 188 valence electrons. The van der Waals surface area contributed by atoms with Crippen LogP contribution in [0.5, 0.6) is 0 Å². The Bertz CT molecular complexity index is 1010. The van der Waals surface area contributed by atoms with Crippen LogP contribution >= 0.6 is 0 Å². The minimum absolute atomic E-state index is 0.0312. The van der Waals surface area contributed by atoms with E-state index in [1.165, 1.54) is 0 Å². The SMILES string of the molecule is CCCOC1CCC(C(=O)N2Cc3cccnc3Nc3ccc(N4CCC(OC)CC4)cc32)CC1. The molecule has 1 N–H and O–H groups in total. The number of carbonyl (C=O) groups is 1. The molecule has 1 aromatic carbocycles. The first-order valence-electron chi connectivity index (χ1n) is 13.2. The van der Waals surface area contributed by atoms with E-state index in [-0.39, 0.29) is 11.8 Å². The summed E-state index contributed by atoms with van der Waals surface area (Å²) in [6.45, 7) is 5.40.